The summed E-state index contributed by atoms with van der Waals surface area (Å²) in [5.41, 5.74) is 2.84. The summed E-state index contributed by atoms with van der Waals surface area (Å²) in [5, 5.41) is 0. The summed E-state index contributed by atoms with van der Waals surface area (Å²) in [6.07, 6.45) is 0.930. The molecule has 0 aromatic heterocycles. The number of hydrogen-bond donors (Lipinski definition) is 1. The Morgan fingerprint density at radius 1 is 1.16 bits per heavy atom. The summed E-state index contributed by atoms with van der Waals surface area (Å²) >= 11 is 0. The highest BCUT2D eigenvalue weighted by Gasteiger charge is 2.22. The molecule has 0 radical (unpaired) electrons. The first-order valence-corrected chi connectivity index (χ1v) is 9.57. The van der Waals surface area contributed by atoms with Gasteiger partial charge in [-0.3, -0.25) is 0 Å². The lowest BCUT2D eigenvalue weighted by Gasteiger charge is -2.16. The summed E-state index contributed by atoms with van der Waals surface area (Å²) in [7, 11) is -2.52. The predicted octanol–water partition coefficient (Wildman–Crippen LogP) is 3.38. The van der Waals surface area contributed by atoms with E-state index >= 15 is 0 Å². The van der Waals surface area contributed by atoms with Crippen molar-refractivity contribution in [2.45, 2.75) is 38.1 Å². The maximum Gasteiger partial charge on any atom is 0.337 e. The third-order valence-corrected chi connectivity index (χ3v) is 5.80. The first-order valence-electron chi connectivity index (χ1n) is 8.08. The van der Waals surface area contributed by atoms with Crippen LogP contribution in [0.2, 0.25) is 0 Å². The van der Waals surface area contributed by atoms with Crippen molar-refractivity contribution in [2.75, 3.05) is 7.11 Å². The third-order valence-electron chi connectivity index (χ3n) is 4.12. The molecule has 0 saturated heterocycles. The van der Waals surface area contributed by atoms with Crippen molar-refractivity contribution in [3.05, 3.63) is 64.7 Å². The monoisotopic (exact) mass is 361 g/mol. The molecule has 0 unspecified atom stereocenters. The van der Waals surface area contributed by atoms with Gasteiger partial charge in [0.05, 0.1) is 17.6 Å². The van der Waals surface area contributed by atoms with Crippen LogP contribution in [0.3, 0.4) is 0 Å². The van der Waals surface area contributed by atoms with E-state index in [1.807, 2.05) is 24.3 Å². The van der Waals surface area contributed by atoms with Crippen LogP contribution in [-0.4, -0.2) is 21.5 Å². The highest BCUT2D eigenvalue weighted by Crippen LogP contribution is 2.21. The molecule has 5 nitrogen and oxygen atoms in total. The number of hydrogen-bond acceptors (Lipinski definition) is 4. The number of rotatable bonds is 6. The average Bonchev–Trinajstić information content (AvgIpc) is 2.61. The first-order chi connectivity index (χ1) is 11.8. The van der Waals surface area contributed by atoms with Gasteiger partial charge in [-0.05, 0) is 49.1 Å². The molecule has 1 atom stereocenters. The highest BCUT2D eigenvalue weighted by atomic mass is 32.2. The predicted molar refractivity (Wildman–Crippen MR) is 97.1 cm³/mol. The number of methoxy groups -OCH3 is 1. The molecule has 2 aromatic rings. The minimum Gasteiger partial charge on any atom is -0.465 e. The Morgan fingerprint density at radius 3 is 2.36 bits per heavy atom. The van der Waals surface area contributed by atoms with Crippen LogP contribution in [0.25, 0.3) is 0 Å². The molecule has 0 heterocycles. The Kier molecular flexibility index (Phi) is 5.98. The van der Waals surface area contributed by atoms with Gasteiger partial charge in [-0.2, -0.15) is 0 Å². The summed E-state index contributed by atoms with van der Waals surface area (Å²) in [6.45, 7) is 5.55. The average molecular weight is 361 g/mol. The molecule has 134 valence electrons. The summed E-state index contributed by atoms with van der Waals surface area (Å²) < 4.78 is 32.9. The Hall–Kier alpha value is -2.18. The van der Waals surface area contributed by atoms with Crippen molar-refractivity contribution in [3.8, 4) is 0 Å². The van der Waals surface area contributed by atoms with E-state index in [1.54, 1.807) is 26.0 Å². The van der Waals surface area contributed by atoms with Gasteiger partial charge in [-0.15, -0.1) is 0 Å². The minimum absolute atomic E-state index is 0.0763. The molecule has 0 aliphatic rings. The quantitative estimate of drug-likeness (QED) is 0.801. The van der Waals surface area contributed by atoms with Gasteiger partial charge in [0.1, 0.15) is 0 Å². The van der Waals surface area contributed by atoms with Crippen LogP contribution >= 0.6 is 0 Å². The molecule has 25 heavy (non-hydrogen) atoms. The summed E-state index contributed by atoms with van der Waals surface area (Å²) in [6, 6.07) is 11.9. The Balaban J connectivity index is 2.30. The zero-order valence-corrected chi connectivity index (χ0v) is 15.7. The van der Waals surface area contributed by atoms with Gasteiger partial charge in [0, 0.05) is 6.04 Å². The first kappa shape index (κ1) is 19.1. The van der Waals surface area contributed by atoms with Crippen LogP contribution in [0.15, 0.2) is 47.4 Å². The van der Waals surface area contributed by atoms with Crippen molar-refractivity contribution in [2.24, 2.45) is 0 Å². The van der Waals surface area contributed by atoms with E-state index in [2.05, 4.69) is 16.4 Å². The second-order valence-electron chi connectivity index (χ2n) is 5.91. The number of carbonyl (C=O) groups is 1. The lowest BCUT2D eigenvalue weighted by Crippen LogP contribution is -2.27. The lowest BCUT2D eigenvalue weighted by atomic mass is 10.1. The number of nitrogens with one attached hydrogen (secondary N) is 1. The second-order valence-corrected chi connectivity index (χ2v) is 7.59. The fraction of sp³-hybridized carbons (Fsp3) is 0.316. The minimum atomic E-state index is -3.78. The van der Waals surface area contributed by atoms with Crippen molar-refractivity contribution in [1.29, 1.82) is 0 Å². The maximum atomic E-state index is 12.8. The molecule has 2 rings (SSSR count). The summed E-state index contributed by atoms with van der Waals surface area (Å²) in [5.74, 6) is -0.570. The van der Waals surface area contributed by atoms with Gasteiger partial charge in [0.15, 0.2) is 0 Å². The second kappa shape index (κ2) is 7.80. The number of aryl methyl sites for hydroxylation is 2. The van der Waals surface area contributed by atoms with Crippen LogP contribution in [0, 0.1) is 6.92 Å². The van der Waals surface area contributed by atoms with Crippen molar-refractivity contribution < 1.29 is 17.9 Å². The number of benzene rings is 2. The van der Waals surface area contributed by atoms with Gasteiger partial charge in [0.25, 0.3) is 0 Å². The zero-order valence-electron chi connectivity index (χ0n) is 14.9. The van der Waals surface area contributed by atoms with E-state index in [4.69, 9.17) is 0 Å². The van der Waals surface area contributed by atoms with E-state index < -0.39 is 22.0 Å². The Bertz CT molecular complexity index is 857. The molecule has 0 spiro atoms. The van der Waals surface area contributed by atoms with Crippen molar-refractivity contribution in [1.82, 2.24) is 4.72 Å². The van der Waals surface area contributed by atoms with Gasteiger partial charge in [-0.1, -0.05) is 37.3 Å². The molecule has 6 heteroatoms. The third kappa shape index (κ3) is 4.46. The SMILES string of the molecule is CCc1ccc([C@H](C)NS(=O)(=O)c2cc(C(=O)OC)ccc2C)cc1. The molecule has 0 aliphatic carbocycles. The molecular formula is C19H23NO4S. The van der Waals surface area contributed by atoms with Crippen LogP contribution in [-0.2, 0) is 21.2 Å². The van der Waals surface area contributed by atoms with Crippen LogP contribution < -0.4 is 4.72 Å². The number of ether oxygens (including phenoxy) is 1. The number of sulfonamides is 1. The normalized spacial score (nSPS) is 12.6. The molecular weight excluding hydrogens is 338 g/mol. The van der Waals surface area contributed by atoms with Gasteiger partial charge < -0.3 is 4.74 Å². The van der Waals surface area contributed by atoms with E-state index in [0.29, 0.717) is 5.56 Å². The van der Waals surface area contributed by atoms with Gasteiger partial charge in [-0.25, -0.2) is 17.9 Å². The summed E-state index contributed by atoms with van der Waals surface area (Å²) in [4.78, 5) is 11.7. The molecule has 0 saturated carbocycles. The van der Waals surface area contributed by atoms with E-state index in [9.17, 15) is 13.2 Å². The largest absolute Gasteiger partial charge is 0.465 e. The van der Waals surface area contributed by atoms with E-state index in [0.717, 1.165) is 12.0 Å². The highest BCUT2D eigenvalue weighted by molar-refractivity contribution is 7.89. The van der Waals surface area contributed by atoms with Gasteiger partial charge in [0.2, 0.25) is 10.0 Å². The smallest absolute Gasteiger partial charge is 0.337 e. The van der Waals surface area contributed by atoms with Crippen molar-refractivity contribution >= 4 is 16.0 Å². The molecule has 1 N–H and O–H groups in total. The Labute approximate surface area is 149 Å². The Morgan fingerprint density at radius 2 is 1.80 bits per heavy atom. The molecule has 0 aliphatic heterocycles. The van der Waals surface area contributed by atoms with Crippen LogP contribution in [0.1, 0.15) is 46.9 Å². The fourth-order valence-corrected chi connectivity index (χ4v) is 4.04. The number of esters is 1. The van der Waals surface area contributed by atoms with Gasteiger partial charge >= 0.3 is 5.97 Å². The molecule has 0 fully saturated rings. The van der Waals surface area contributed by atoms with E-state index in [1.165, 1.54) is 18.7 Å². The molecule has 0 bridgehead atoms. The maximum absolute atomic E-state index is 12.8. The zero-order chi connectivity index (χ0) is 18.6. The number of carbonyl (C=O) groups excluding carboxylic acids is 1. The topological polar surface area (TPSA) is 72.5 Å². The van der Waals surface area contributed by atoms with Crippen molar-refractivity contribution in [3.63, 3.8) is 0 Å². The molecule has 2 aromatic carbocycles. The van der Waals surface area contributed by atoms with Crippen LogP contribution in [0.4, 0.5) is 0 Å². The van der Waals surface area contributed by atoms with Crippen LogP contribution in [0.5, 0.6) is 0 Å². The fourth-order valence-electron chi connectivity index (χ4n) is 2.54. The molecule has 0 amide bonds. The standard InChI is InChI=1S/C19H23NO4S/c1-5-15-7-10-16(11-8-15)14(3)20-25(22,23)18-12-17(19(21)24-4)9-6-13(18)2/h6-12,14,20H,5H2,1-4H3/t14-/m0/s1. The lowest BCUT2D eigenvalue weighted by molar-refractivity contribution is 0.0600. The van der Waals surface area contributed by atoms with E-state index in [-0.39, 0.29) is 10.5 Å².